The summed E-state index contributed by atoms with van der Waals surface area (Å²) in [4.78, 5) is 10.8. The maximum Gasteiger partial charge on any atom is 0.372 e. The minimum Gasteiger partial charge on any atom is -0.475 e. The van der Waals surface area contributed by atoms with E-state index in [2.05, 4.69) is 19.2 Å². The molecule has 0 atom stereocenters. The van der Waals surface area contributed by atoms with Gasteiger partial charge >= 0.3 is 5.97 Å². The van der Waals surface area contributed by atoms with E-state index < -0.39 is 5.97 Å². The van der Waals surface area contributed by atoms with Gasteiger partial charge in [0.05, 0.1) is 6.26 Å². The molecule has 1 aromatic rings. The van der Waals surface area contributed by atoms with Gasteiger partial charge in [-0.15, -0.1) is 0 Å². The molecule has 0 aliphatic rings. The first-order valence-electron chi connectivity index (χ1n) is 6.19. The lowest BCUT2D eigenvalue weighted by Crippen LogP contribution is -2.18. The highest BCUT2D eigenvalue weighted by Crippen LogP contribution is 2.09. The van der Waals surface area contributed by atoms with Gasteiger partial charge in [0, 0.05) is 25.3 Å². The SMILES string of the molecule is CC(C)COCCCNCc1ccoc1C(=O)O. The summed E-state index contributed by atoms with van der Waals surface area (Å²) in [6.07, 6.45) is 2.30. The molecule has 0 saturated carbocycles. The van der Waals surface area contributed by atoms with Crippen LogP contribution in [0.3, 0.4) is 0 Å². The Balaban J connectivity index is 2.11. The standard InChI is InChI=1S/C13H21NO4/c1-10(2)9-17-6-3-5-14-8-11-4-7-18-12(11)13(15)16/h4,7,10,14H,3,5-6,8-9H2,1-2H3,(H,15,16). The number of rotatable bonds is 9. The fourth-order valence-electron chi connectivity index (χ4n) is 1.50. The van der Waals surface area contributed by atoms with Gasteiger partial charge in [-0.05, 0) is 24.9 Å². The van der Waals surface area contributed by atoms with Crippen molar-refractivity contribution in [2.75, 3.05) is 19.8 Å². The largest absolute Gasteiger partial charge is 0.475 e. The Bertz CT molecular complexity index is 360. The molecule has 0 saturated heterocycles. The second-order valence-electron chi connectivity index (χ2n) is 4.58. The van der Waals surface area contributed by atoms with Gasteiger partial charge in [0.2, 0.25) is 5.76 Å². The van der Waals surface area contributed by atoms with E-state index in [1.165, 1.54) is 6.26 Å². The third-order valence-corrected chi connectivity index (χ3v) is 2.35. The summed E-state index contributed by atoms with van der Waals surface area (Å²) >= 11 is 0. The van der Waals surface area contributed by atoms with Crippen molar-refractivity contribution in [2.24, 2.45) is 5.92 Å². The minimum atomic E-state index is -1.03. The third kappa shape index (κ3) is 5.33. The number of hydrogen-bond acceptors (Lipinski definition) is 4. The topological polar surface area (TPSA) is 71.7 Å². The smallest absolute Gasteiger partial charge is 0.372 e. The van der Waals surface area contributed by atoms with Gasteiger partial charge in [0.15, 0.2) is 0 Å². The van der Waals surface area contributed by atoms with Crippen molar-refractivity contribution in [3.8, 4) is 0 Å². The Morgan fingerprint density at radius 3 is 3.00 bits per heavy atom. The molecule has 102 valence electrons. The summed E-state index contributed by atoms with van der Waals surface area (Å²) in [6.45, 7) is 7.03. The van der Waals surface area contributed by atoms with E-state index in [1.807, 2.05) is 0 Å². The van der Waals surface area contributed by atoms with E-state index >= 15 is 0 Å². The van der Waals surface area contributed by atoms with Crippen LogP contribution in [0, 0.1) is 5.92 Å². The average molecular weight is 255 g/mol. The molecule has 0 unspecified atom stereocenters. The molecular formula is C13H21NO4. The van der Waals surface area contributed by atoms with Crippen molar-refractivity contribution in [1.82, 2.24) is 5.32 Å². The number of nitrogens with one attached hydrogen (secondary N) is 1. The van der Waals surface area contributed by atoms with E-state index in [9.17, 15) is 4.79 Å². The van der Waals surface area contributed by atoms with Crippen molar-refractivity contribution in [1.29, 1.82) is 0 Å². The van der Waals surface area contributed by atoms with E-state index in [1.54, 1.807) is 6.07 Å². The first-order valence-corrected chi connectivity index (χ1v) is 6.19. The van der Waals surface area contributed by atoms with Crippen LogP contribution in [0.2, 0.25) is 0 Å². The summed E-state index contributed by atoms with van der Waals surface area (Å²) in [5.74, 6) is -0.461. The predicted octanol–water partition coefficient (Wildman–Crippen LogP) is 2.13. The molecule has 0 aliphatic heterocycles. The van der Waals surface area contributed by atoms with Crippen LogP contribution in [0.1, 0.15) is 36.4 Å². The zero-order valence-corrected chi connectivity index (χ0v) is 10.9. The lowest BCUT2D eigenvalue weighted by molar-refractivity contribution is 0.0660. The van der Waals surface area contributed by atoms with Crippen LogP contribution in [0.5, 0.6) is 0 Å². The highest BCUT2D eigenvalue weighted by molar-refractivity contribution is 5.86. The second-order valence-corrected chi connectivity index (χ2v) is 4.58. The molecule has 0 aromatic carbocycles. The maximum atomic E-state index is 10.8. The highest BCUT2D eigenvalue weighted by atomic mass is 16.5. The van der Waals surface area contributed by atoms with Gasteiger partial charge in [-0.3, -0.25) is 0 Å². The van der Waals surface area contributed by atoms with Crippen LogP contribution in [-0.2, 0) is 11.3 Å². The van der Waals surface area contributed by atoms with Crippen molar-refractivity contribution in [2.45, 2.75) is 26.8 Å². The molecule has 0 fully saturated rings. The molecule has 5 nitrogen and oxygen atoms in total. The number of carboxylic acids is 1. The molecular weight excluding hydrogens is 234 g/mol. The van der Waals surface area contributed by atoms with Gasteiger partial charge in [0.1, 0.15) is 0 Å². The van der Waals surface area contributed by atoms with Gasteiger partial charge in [0.25, 0.3) is 0 Å². The maximum absolute atomic E-state index is 10.8. The molecule has 1 aromatic heterocycles. The summed E-state index contributed by atoms with van der Waals surface area (Å²) < 4.78 is 10.3. The first kappa shape index (κ1) is 14.7. The van der Waals surface area contributed by atoms with Gasteiger partial charge in [-0.1, -0.05) is 13.8 Å². The van der Waals surface area contributed by atoms with Crippen LogP contribution >= 0.6 is 0 Å². The highest BCUT2D eigenvalue weighted by Gasteiger charge is 2.12. The molecule has 0 bridgehead atoms. The number of aromatic carboxylic acids is 1. The summed E-state index contributed by atoms with van der Waals surface area (Å²) in [7, 11) is 0. The molecule has 2 N–H and O–H groups in total. The zero-order chi connectivity index (χ0) is 13.4. The lowest BCUT2D eigenvalue weighted by atomic mass is 10.2. The van der Waals surface area contributed by atoms with E-state index in [4.69, 9.17) is 14.3 Å². The third-order valence-electron chi connectivity index (χ3n) is 2.35. The Kier molecular flexibility index (Phi) is 6.46. The fraction of sp³-hybridized carbons (Fsp3) is 0.615. The van der Waals surface area contributed by atoms with Crippen molar-refractivity contribution in [3.05, 3.63) is 23.7 Å². The Labute approximate surface area is 107 Å². The summed E-state index contributed by atoms with van der Waals surface area (Å²) in [6, 6.07) is 1.67. The Hall–Kier alpha value is -1.33. The Morgan fingerprint density at radius 1 is 1.56 bits per heavy atom. The summed E-state index contributed by atoms with van der Waals surface area (Å²) in [5, 5.41) is 12.0. The van der Waals surface area contributed by atoms with Crippen LogP contribution in [-0.4, -0.2) is 30.8 Å². The van der Waals surface area contributed by atoms with Crippen molar-refractivity contribution >= 4 is 5.97 Å². The normalized spacial score (nSPS) is 11.1. The van der Waals surface area contributed by atoms with E-state index in [0.717, 1.165) is 26.2 Å². The fourth-order valence-corrected chi connectivity index (χ4v) is 1.50. The number of ether oxygens (including phenoxy) is 1. The molecule has 1 heterocycles. The molecule has 0 spiro atoms. The van der Waals surface area contributed by atoms with Crippen molar-refractivity contribution < 1.29 is 19.1 Å². The van der Waals surface area contributed by atoms with Gasteiger partial charge in [-0.25, -0.2) is 4.79 Å². The molecule has 0 radical (unpaired) electrons. The zero-order valence-electron chi connectivity index (χ0n) is 10.9. The van der Waals surface area contributed by atoms with Crippen molar-refractivity contribution in [3.63, 3.8) is 0 Å². The minimum absolute atomic E-state index is 0.0126. The van der Waals surface area contributed by atoms with Crippen LogP contribution in [0.25, 0.3) is 0 Å². The van der Waals surface area contributed by atoms with Gasteiger partial charge in [-0.2, -0.15) is 0 Å². The molecule has 18 heavy (non-hydrogen) atoms. The predicted molar refractivity (Wildman–Crippen MR) is 67.6 cm³/mol. The van der Waals surface area contributed by atoms with Gasteiger partial charge < -0.3 is 19.6 Å². The number of furan rings is 1. The average Bonchev–Trinajstić information content (AvgIpc) is 2.75. The summed E-state index contributed by atoms with van der Waals surface area (Å²) in [5.41, 5.74) is 0.672. The van der Waals surface area contributed by atoms with E-state index in [-0.39, 0.29) is 5.76 Å². The number of carboxylic acid groups (broad SMARTS) is 1. The monoisotopic (exact) mass is 255 g/mol. The number of hydrogen-bond donors (Lipinski definition) is 2. The van der Waals surface area contributed by atoms with Crippen LogP contribution < -0.4 is 5.32 Å². The van der Waals surface area contributed by atoms with Crippen LogP contribution in [0.15, 0.2) is 16.7 Å². The lowest BCUT2D eigenvalue weighted by Gasteiger charge is -2.07. The molecule has 0 aliphatic carbocycles. The first-order chi connectivity index (χ1) is 8.61. The molecule has 1 rings (SSSR count). The Morgan fingerprint density at radius 2 is 2.33 bits per heavy atom. The van der Waals surface area contributed by atoms with Crippen LogP contribution in [0.4, 0.5) is 0 Å². The number of carbonyl (C=O) groups is 1. The second kappa shape index (κ2) is 7.89. The van der Waals surface area contributed by atoms with E-state index in [0.29, 0.717) is 18.0 Å². The quantitative estimate of drug-likeness (QED) is 0.661. The molecule has 0 amide bonds. The molecule has 5 heteroatoms.